The average molecular weight is 241 g/mol. The number of benzene rings is 1. The summed E-state index contributed by atoms with van der Waals surface area (Å²) >= 11 is 0. The zero-order valence-electron chi connectivity index (χ0n) is 10.7. The molecule has 0 saturated heterocycles. The summed E-state index contributed by atoms with van der Waals surface area (Å²) in [5.41, 5.74) is 9.98. The Morgan fingerprint density at radius 1 is 1.39 bits per heavy atom. The molecule has 1 aliphatic heterocycles. The highest BCUT2D eigenvalue weighted by Gasteiger charge is 2.43. The first-order valence-electron chi connectivity index (χ1n) is 6.68. The topological polar surface area (TPSA) is 53.0 Å². The second-order valence-electron chi connectivity index (χ2n) is 5.78. The molecule has 2 N–H and O–H groups in total. The van der Waals surface area contributed by atoms with Crippen LogP contribution in [-0.4, -0.2) is 18.0 Å². The Labute approximate surface area is 108 Å². The van der Waals surface area contributed by atoms with Crippen LogP contribution < -0.4 is 5.73 Å². The Balaban J connectivity index is 1.72. The highest BCUT2D eigenvalue weighted by atomic mass is 15.1. The Morgan fingerprint density at radius 2 is 2.22 bits per heavy atom. The van der Waals surface area contributed by atoms with Gasteiger partial charge in [0.15, 0.2) is 0 Å². The van der Waals surface area contributed by atoms with E-state index in [1.807, 2.05) is 12.1 Å². The van der Waals surface area contributed by atoms with Gasteiger partial charge in [-0.25, -0.2) is 0 Å². The van der Waals surface area contributed by atoms with Crippen molar-refractivity contribution in [3.05, 3.63) is 29.3 Å². The van der Waals surface area contributed by atoms with Crippen LogP contribution in [0.3, 0.4) is 0 Å². The van der Waals surface area contributed by atoms with E-state index < -0.39 is 0 Å². The van der Waals surface area contributed by atoms with Gasteiger partial charge in [-0.3, -0.25) is 4.90 Å². The summed E-state index contributed by atoms with van der Waals surface area (Å²) in [4.78, 5) is 2.48. The molecule has 0 amide bonds. The van der Waals surface area contributed by atoms with Gasteiger partial charge in [0.25, 0.3) is 0 Å². The molecular weight excluding hydrogens is 222 g/mol. The Bertz CT molecular complexity index is 497. The predicted octanol–water partition coefficient (Wildman–Crippen LogP) is 2.32. The molecule has 0 spiro atoms. The fourth-order valence-corrected chi connectivity index (χ4v) is 3.01. The van der Waals surface area contributed by atoms with Crippen LogP contribution in [0.15, 0.2) is 18.2 Å². The molecule has 0 atom stereocenters. The van der Waals surface area contributed by atoms with Crippen molar-refractivity contribution < 1.29 is 0 Å². The maximum absolute atomic E-state index is 8.88. The van der Waals surface area contributed by atoms with E-state index in [4.69, 9.17) is 11.0 Å². The van der Waals surface area contributed by atoms with E-state index in [1.165, 1.54) is 24.0 Å². The number of hydrogen-bond donors (Lipinski definition) is 1. The van der Waals surface area contributed by atoms with E-state index in [9.17, 15) is 0 Å². The average Bonchev–Trinajstić information content (AvgIpc) is 3.10. The third-order valence-electron chi connectivity index (χ3n) is 4.36. The lowest BCUT2D eigenvalue weighted by Crippen LogP contribution is -2.35. The van der Waals surface area contributed by atoms with Gasteiger partial charge in [-0.1, -0.05) is 12.1 Å². The summed E-state index contributed by atoms with van der Waals surface area (Å²) < 4.78 is 0. The largest absolute Gasteiger partial charge is 0.398 e. The van der Waals surface area contributed by atoms with Crippen LogP contribution in [0, 0.1) is 16.7 Å². The number of nitriles is 1. The van der Waals surface area contributed by atoms with Gasteiger partial charge < -0.3 is 5.73 Å². The van der Waals surface area contributed by atoms with E-state index >= 15 is 0 Å². The number of hydrogen-bond acceptors (Lipinski definition) is 3. The molecule has 1 aromatic carbocycles. The van der Waals surface area contributed by atoms with Gasteiger partial charge in [-0.15, -0.1) is 0 Å². The summed E-state index contributed by atoms with van der Waals surface area (Å²) in [7, 11) is 0. The van der Waals surface area contributed by atoms with Gasteiger partial charge in [-0.05, 0) is 41.9 Å². The van der Waals surface area contributed by atoms with Crippen molar-refractivity contribution in [2.24, 2.45) is 5.41 Å². The molecule has 0 aromatic heterocycles. The van der Waals surface area contributed by atoms with Crippen LogP contribution in [0.1, 0.15) is 30.4 Å². The number of rotatable bonds is 3. The predicted molar refractivity (Wildman–Crippen MR) is 71.7 cm³/mol. The van der Waals surface area contributed by atoms with Gasteiger partial charge in [0, 0.05) is 31.7 Å². The lowest BCUT2D eigenvalue weighted by atomic mass is 9.95. The molecule has 94 valence electrons. The second-order valence-corrected chi connectivity index (χ2v) is 5.78. The van der Waals surface area contributed by atoms with Crippen molar-refractivity contribution in [2.75, 3.05) is 18.8 Å². The normalized spacial score (nSPS) is 21.1. The van der Waals surface area contributed by atoms with Crippen molar-refractivity contribution in [1.29, 1.82) is 5.26 Å². The molecular formula is C15H19N3. The van der Waals surface area contributed by atoms with Crippen molar-refractivity contribution in [3.63, 3.8) is 0 Å². The molecule has 1 heterocycles. The number of nitrogens with two attached hydrogens (primary N) is 1. The number of nitrogens with zero attached hydrogens (tertiary/aromatic N) is 2. The molecule has 0 unspecified atom stereocenters. The van der Waals surface area contributed by atoms with Crippen molar-refractivity contribution in [1.82, 2.24) is 4.90 Å². The van der Waals surface area contributed by atoms with Crippen LogP contribution in [-0.2, 0) is 13.0 Å². The third-order valence-corrected chi connectivity index (χ3v) is 4.36. The summed E-state index contributed by atoms with van der Waals surface area (Å²) in [5, 5.41) is 8.88. The van der Waals surface area contributed by atoms with Gasteiger partial charge in [0.05, 0.1) is 6.07 Å². The number of nitrogen functional groups attached to an aromatic ring is 1. The Morgan fingerprint density at radius 3 is 2.94 bits per heavy atom. The minimum absolute atomic E-state index is 0.301. The molecule has 18 heavy (non-hydrogen) atoms. The Hall–Kier alpha value is -1.53. The summed E-state index contributed by atoms with van der Waals surface area (Å²) in [5.74, 6) is 0. The monoisotopic (exact) mass is 241 g/mol. The molecule has 1 aromatic rings. The van der Waals surface area contributed by atoms with Crippen LogP contribution in [0.4, 0.5) is 5.69 Å². The fourth-order valence-electron chi connectivity index (χ4n) is 3.01. The first-order chi connectivity index (χ1) is 8.72. The fraction of sp³-hybridized carbons (Fsp3) is 0.533. The molecule has 1 saturated carbocycles. The zero-order valence-corrected chi connectivity index (χ0v) is 10.7. The SMILES string of the molecule is N#CCC1(CN2CCc3cccc(N)c3C2)CC1. The van der Waals surface area contributed by atoms with Gasteiger partial charge in [-0.2, -0.15) is 5.26 Å². The van der Waals surface area contributed by atoms with E-state index in [0.717, 1.165) is 31.7 Å². The van der Waals surface area contributed by atoms with Gasteiger partial charge in [0.1, 0.15) is 0 Å². The minimum Gasteiger partial charge on any atom is -0.398 e. The van der Waals surface area contributed by atoms with Crippen LogP contribution in [0.2, 0.25) is 0 Å². The molecule has 1 aliphatic carbocycles. The van der Waals surface area contributed by atoms with Crippen molar-refractivity contribution in [2.45, 2.75) is 32.2 Å². The summed E-state index contributed by atoms with van der Waals surface area (Å²) in [6, 6.07) is 8.56. The molecule has 3 rings (SSSR count). The van der Waals surface area contributed by atoms with Crippen molar-refractivity contribution >= 4 is 5.69 Å². The van der Waals surface area contributed by atoms with E-state index in [0.29, 0.717) is 11.8 Å². The first kappa shape index (κ1) is 11.6. The molecule has 3 nitrogen and oxygen atoms in total. The highest BCUT2D eigenvalue weighted by molar-refractivity contribution is 5.51. The maximum Gasteiger partial charge on any atom is 0.0628 e. The molecule has 0 bridgehead atoms. The lowest BCUT2D eigenvalue weighted by molar-refractivity contribution is 0.204. The maximum atomic E-state index is 8.88. The van der Waals surface area contributed by atoms with Gasteiger partial charge >= 0.3 is 0 Å². The minimum atomic E-state index is 0.301. The van der Waals surface area contributed by atoms with Gasteiger partial charge in [0.2, 0.25) is 0 Å². The highest BCUT2D eigenvalue weighted by Crippen LogP contribution is 2.49. The zero-order chi connectivity index (χ0) is 12.6. The van der Waals surface area contributed by atoms with Crippen LogP contribution >= 0.6 is 0 Å². The molecule has 3 heteroatoms. The standard InChI is InChI=1S/C15H19N3/c16-8-7-15(5-6-15)11-18-9-4-12-2-1-3-14(17)13(12)10-18/h1-3H,4-7,9-11,17H2. The second kappa shape index (κ2) is 4.29. The third kappa shape index (κ3) is 2.09. The summed E-state index contributed by atoms with van der Waals surface area (Å²) in [6.07, 6.45) is 4.23. The molecule has 1 fully saturated rings. The first-order valence-corrected chi connectivity index (χ1v) is 6.68. The quantitative estimate of drug-likeness (QED) is 0.826. The number of fused-ring (bicyclic) bond motifs is 1. The molecule has 2 aliphatic rings. The summed E-state index contributed by atoms with van der Waals surface area (Å²) in [6.45, 7) is 3.12. The smallest absolute Gasteiger partial charge is 0.0628 e. The van der Waals surface area contributed by atoms with Crippen LogP contribution in [0.5, 0.6) is 0 Å². The van der Waals surface area contributed by atoms with E-state index in [1.54, 1.807) is 0 Å². The van der Waals surface area contributed by atoms with E-state index in [2.05, 4.69) is 17.0 Å². The molecule has 0 radical (unpaired) electrons. The lowest BCUT2D eigenvalue weighted by Gasteiger charge is -2.32. The Kier molecular flexibility index (Phi) is 2.76. The number of anilines is 1. The van der Waals surface area contributed by atoms with Crippen LogP contribution in [0.25, 0.3) is 0 Å². The van der Waals surface area contributed by atoms with E-state index in [-0.39, 0.29) is 0 Å². The van der Waals surface area contributed by atoms with Crippen molar-refractivity contribution in [3.8, 4) is 6.07 Å².